The molecule has 4 aromatic rings. The molecular formula is C29H24BrN3O5. The van der Waals surface area contributed by atoms with E-state index in [1.54, 1.807) is 54.6 Å². The summed E-state index contributed by atoms with van der Waals surface area (Å²) in [5.74, 6) is -1.50. The van der Waals surface area contributed by atoms with Gasteiger partial charge in [-0.05, 0) is 60.3 Å². The average molecular weight is 574 g/mol. The minimum atomic E-state index is -0.951. The van der Waals surface area contributed by atoms with Gasteiger partial charge in [0, 0.05) is 21.1 Å². The van der Waals surface area contributed by atoms with E-state index in [9.17, 15) is 14.4 Å². The number of halogens is 1. The summed E-state index contributed by atoms with van der Waals surface area (Å²) in [4.78, 5) is 37.4. The molecule has 0 saturated heterocycles. The molecule has 0 radical (unpaired) electrons. The molecule has 0 bridgehead atoms. The summed E-state index contributed by atoms with van der Waals surface area (Å²) in [7, 11) is 0. The molecule has 4 aromatic carbocycles. The van der Waals surface area contributed by atoms with Crippen LogP contribution < -0.4 is 20.2 Å². The second kappa shape index (κ2) is 12.6. The number of hydrogen-bond acceptors (Lipinski definition) is 6. The zero-order valence-electron chi connectivity index (χ0n) is 20.4. The average Bonchev–Trinajstić information content (AvgIpc) is 2.93. The minimum Gasteiger partial charge on any atom is -0.494 e. The van der Waals surface area contributed by atoms with Gasteiger partial charge in [0.25, 0.3) is 0 Å². The van der Waals surface area contributed by atoms with Gasteiger partial charge in [-0.1, -0.05) is 59.3 Å². The minimum absolute atomic E-state index is 0.225. The lowest BCUT2D eigenvalue weighted by Gasteiger charge is -2.09. The van der Waals surface area contributed by atoms with Crippen LogP contribution in [0, 0.1) is 0 Å². The number of carbonyl (C=O) groups is 3. The Labute approximate surface area is 227 Å². The van der Waals surface area contributed by atoms with E-state index >= 15 is 0 Å². The summed E-state index contributed by atoms with van der Waals surface area (Å²) in [5, 5.41) is 8.22. The van der Waals surface area contributed by atoms with Crippen LogP contribution in [0.25, 0.3) is 10.8 Å². The van der Waals surface area contributed by atoms with Crippen molar-refractivity contribution in [2.24, 2.45) is 5.10 Å². The number of fused-ring (bicyclic) bond motifs is 1. The molecule has 9 heteroatoms. The van der Waals surface area contributed by atoms with Crippen molar-refractivity contribution in [1.29, 1.82) is 0 Å². The smallest absolute Gasteiger partial charge is 0.343 e. The number of rotatable bonds is 8. The number of ether oxygens (including phenoxy) is 2. The van der Waals surface area contributed by atoms with Crippen LogP contribution in [0.3, 0.4) is 0 Å². The number of nitrogens with zero attached hydrogens (tertiary/aromatic N) is 1. The molecule has 0 unspecified atom stereocenters. The Morgan fingerprint density at radius 3 is 2.47 bits per heavy atom. The second-order valence-electron chi connectivity index (χ2n) is 8.12. The van der Waals surface area contributed by atoms with Gasteiger partial charge in [0.05, 0.1) is 18.4 Å². The second-order valence-corrected chi connectivity index (χ2v) is 9.04. The quantitative estimate of drug-likeness (QED) is 0.0924. The molecule has 38 heavy (non-hydrogen) atoms. The molecule has 0 heterocycles. The fraction of sp³-hybridized carbons (Fsp3) is 0.103. The predicted octanol–water partition coefficient (Wildman–Crippen LogP) is 5.70. The van der Waals surface area contributed by atoms with Crippen molar-refractivity contribution in [2.45, 2.75) is 13.3 Å². The van der Waals surface area contributed by atoms with Gasteiger partial charge >= 0.3 is 17.8 Å². The van der Waals surface area contributed by atoms with E-state index in [1.165, 1.54) is 6.21 Å². The summed E-state index contributed by atoms with van der Waals surface area (Å²) in [6.07, 6.45) is 2.17. The van der Waals surface area contributed by atoms with Crippen molar-refractivity contribution < 1.29 is 23.9 Å². The first-order valence-electron chi connectivity index (χ1n) is 11.8. The number of hydrazone groups is 1. The molecule has 0 saturated carbocycles. The Hall–Kier alpha value is -4.50. The third-order valence-corrected chi connectivity index (χ3v) is 5.84. The van der Waals surface area contributed by atoms with Gasteiger partial charge in [-0.15, -0.1) is 0 Å². The molecule has 0 aliphatic heterocycles. The maximum atomic E-state index is 12.7. The first-order chi connectivity index (χ1) is 18.4. The van der Waals surface area contributed by atoms with E-state index < -0.39 is 17.8 Å². The molecule has 192 valence electrons. The fourth-order valence-electron chi connectivity index (χ4n) is 3.50. The molecule has 0 atom stereocenters. The van der Waals surface area contributed by atoms with Gasteiger partial charge < -0.3 is 14.8 Å². The lowest BCUT2D eigenvalue weighted by Crippen LogP contribution is -2.32. The lowest BCUT2D eigenvalue weighted by atomic mass is 10.1. The summed E-state index contributed by atoms with van der Waals surface area (Å²) >= 11 is 3.37. The third-order valence-electron chi connectivity index (χ3n) is 5.35. The van der Waals surface area contributed by atoms with E-state index in [-0.39, 0.29) is 5.75 Å². The highest BCUT2D eigenvalue weighted by atomic mass is 79.9. The van der Waals surface area contributed by atoms with Crippen LogP contribution in [0.4, 0.5) is 5.69 Å². The van der Waals surface area contributed by atoms with Crippen molar-refractivity contribution in [1.82, 2.24) is 5.43 Å². The standard InChI is InChI=1S/C29H24BrN3O5/c1-2-16-37-23-13-10-20(11-14-23)29(36)38-26-15-12-22(30)17-21(26)18-31-33-28(35)27(34)32-25-9-5-7-19-6-3-4-8-24(19)25/h3-15,17-18H,2,16H2,1H3,(H,32,34)(H,33,35)/b31-18+. The van der Waals surface area contributed by atoms with Crippen molar-refractivity contribution in [3.8, 4) is 11.5 Å². The van der Waals surface area contributed by atoms with Crippen molar-refractivity contribution in [2.75, 3.05) is 11.9 Å². The third kappa shape index (κ3) is 6.83. The molecule has 8 nitrogen and oxygen atoms in total. The molecule has 0 spiro atoms. The summed E-state index contributed by atoms with van der Waals surface area (Å²) in [6.45, 7) is 2.60. The monoisotopic (exact) mass is 573 g/mol. The van der Waals surface area contributed by atoms with Crippen LogP contribution in [0.2, 0.25) is 0 Å². The Bertz CT molecular complexity index is 1500. The largest absolute Gasteiger partial charge is 0.494 e. The van der Waals surface area contributed by atoms with E-state index in [0.29, 0.717) is 33.6 Å². The van der Waals surface area contributed by atoms with Gasteiger partial charge in [-0.25, -0.2) is 10.2 Å². The lowest BCUT2D eigenvalue weighted by molar-refractivity contribution is -0.136. The fourth-order valence-corrected chi connectivity index (χ4v) is 3.88. The van der Waals surface area contributed by atoms with Gasteiger partial charge in [0.1, 0.15) is 11.5 Å². The highest BCUT2D eigenvalue weighted by molar-refractivity contribution is 9.10. The summed E-state index contributed by atoms with van der Waals surface area (Å²) in [5.41, 5.74) is 3.47. The molecular weight excluding hydrogens is 550 g/mol. The van der Waals surface area contributed by atoms with Crippen molar-refractivity contribution in [3.05, 3.63) is 101 Å². The van der Waals surface area contributed by atoms with E-state index in [0.717, 1.165) is 17.2 Å². The Morgan fingerprint density at radius 2 is 1.68 bits per heavy atom. The maximum Gasteiger partial charge on any atom is 0.343 e. The molecule has 0 aliphatic rings. The maximum absolute atomic E-state index is 12.7. The number of benzene rings is 4. The van der Waals surface area contributed by atoms with Crippen LogP contribution in [0.15, 0.2) is 94.5 Å². The predicted molar refractivity (Wildman–Crippen MR) is 150 cm³/mol. The Kier molecular flexibility index (Phi) is 8.84. The SMILES string of the molecule is CCCOc1ccc(C(=O)Oc2ccc(Br)cc2/C=N/NC(=O)C(=O)Nc2cccc3ccccc23)cc1. The van der Waals surface area contributed by atoms with Crippen LogP contribution >= 0.6 is 15.9 Å². The van der Waals surface area contributed by atoms with Crippen molar-refractivity contribution in [3.63, 3.8) is 0 Å². The molecule has 0 fully saturated rings. The van der Waals surface area contributed by atoms with E-state index in [4.69, 9.17) is 9.47 Å². The van der Waals surface area contributed by atoms with Gasteiger partial charge in [-0.3, -0.25) is 9.59 Å². The van der Waals surface area contributed by atoms with Crippen LogP contribution in [-0.2, 0) is 9.59 Å². The molecule has 4 rings (SSSR count). The zero-order chi connectivity index (χ0) is 26.9. The zero-order valence-corrected chi connectivity index (χ0v) is 22.0. The molecule has 2 N–H and O–H groups in total. The first-order valence-corrected chi connectivity index (χ1v) is 12.6. The molecule has 0 aromatic heterocycles. The Balaban J connectivity index is 1.40. The topological polar surface area (TPSA) is 106 Å². The van der Waals surface area contributed by atoms with Gasteiger partial charge in [0.2, 0.25) is 0 Å². The number of nitrogens with one attached hydrogen (secondary N) is 2. The molecule has 2 amide bonds. The number of amides is 2. The van der Waals surface area contributed by atoms with Gasteiger partial charge in [0.15, 0.2) is 0 Å². The van der Waals surface area contributed by atoms with E-state index in [1.807, 2.05) is 37.3 Å². The number of esters is 1. The van der Waals surface area contributed by atoms with Crippen molar-refractivity contribution >= 4 is 56.4 Å². The van der Waals surface area contributed by atoms with Crippen LogP contribution in [0.5, 0.6) is 11.5 Å². The summed E-state index contributed by atoms with van der Waals surface area (Å²) < 4.78 is 11.8. The number of carbonyl (C=O) groups excluding carboxylic acids is 3. The molecule has 0 aliphatic carbocycles. The number of hydrogen-bond donors (Lipinski definition) is 2. The summed E-state index contributed by atoms with van der Waals surface area (Å²) in [6, 6.07) is 24.5. The van der Waals surface area contributed by atoms with Gasteiger partial charge in [-0.2, -0.15) is 5.10 Å². The first kappa shape index (κ1) is 26.6. The highest BCUT2D eigenvalue weighted by Crippen LogP contribution is 2.24. The number of anilines is 1. The van der Waals surface area contributed by atoms with Crippen LogP contribution in [0.1, 0.15) is 29.3 Å². The highest BCUT2D eigenvalue weighted by Gasteiger charge is 2.15. The van der Waals surface area contributed by atoms with E-state index in [2.05, 4.69) is 31.8 Å². The Morgan fingerprint density at radius 1 is 0.921 bits per heavy atom. The normalized spacial score (nSPS) is 10.8. The van der Waals surface area contributed by atoms with Crippen LogP contribution in [-0.4, -0.2) is 30.6 Å².